The minimum atomic E-state index is -0.294. The number of carbonyl (C=O) groups is 1. The molecule has 0 spiro atoms. The molecule has 5 nitrogen and oxygen atoms in total. The molecule has 2 rings (SSSR count). The summed E-state index contributed by atoms with van der Waals surface area (Å²) in [7, 11) is 2.07. The molecule has 17 heavy (non-hydrogen) atoms. The number of carbonyl (C=O) groups excluding carboxylic acids is 1. The third kappa shape index (κ3) is 2.94. The Morgan fingerprint density at radius 2 is 2.24 bits per heavy atom. The van der Waals surface area contributed by atoms with Crippen molar-refractivity contribution >= 4 is 5.91 Å². The van der Waals surface area contributed by atoms with Gasteiger partial charge in [0.05, 0.1) is 0 Å². The minimum absolute atomic E-state index is 0.0714. The fourth-order valence-electron chi connectivity index (χ4n) is 1.98. The standard InChI is InChI=1S/C12H17N3O2/c1-15-7-4-9(5-8-15)14-12(17)11-10(16)3-2-6-13-11/h2-3,6,9,16H,4-5,7-8H2,1H3,(H,14,17). The fraction of sp³-hybridized carbons (Fsp3) is 0.500. The van der Waals surface area contributed by atoms with Crippen LogP contribution in [0.2, 0.25) is 0 Å². The van der Waals surface area contributed by atoms with Crippen molar-refractivity contribution in [3.63, 3.8) is 0 Å². The number of likely N-dealkylation sites (tertiary alicyclic amines) is 1. The first-order valence-electron chi connectivity index (χ1n) is 5.80. The summed E-state index contributed by atoms with van der Waals surface area (Å²) in [4.78, 5) is 18.0. The maximum absolute atomic E-state index is 11.9. The summed E-state index contributed by atoms with van der Waals surface area (Å²) in [6.45, 7) is 1.97. The van der Waals surface area contributed by atoms with Crippen LogP contribution < -0.4 is 5.32 Å². The van der Waals surface area contributed by atoms with Gasteiger partial charge in [0.2, 0.25) is 0 Å². The molecule has 1 aliphatic heterocycles. The first-order valence-corrected chi connectivity index (χ1v) is 5.80. The third-order valence-corrected chi connectivity index (χ3v) is 3.06. The number of amides is 1. The maximum Gasteiger partial charge on any atom is 0.273 e. The van der Waals surface area contributed by atoms with Crippen molar-refractivity contribution in [2.45, 2.75) is 18.9 Å². The Balaban J connectivity index is 1.96. The van der Waals surface area contributed by atoms with Crippen LogP contribution in [0.3, 0.4) is 0 Å². The van der Waals surface area contributed by atoms with E-state index >= 15 is 0 Å². The second-order valence-electron chi connectivity index (χ2n) is 4.42. The van der Waals surface area contributed by atoms with Gasteiger partial charge >= 0.3 is 0 Å². The zero-order chi connectivity index (χ0) is 12.3. The van der Waals surface area contributed by atoms with Gasteiger partial charge < -0.3 is 15.3 Å². The van der Waals surface area contributed by atoms with Crippen LogP contribution >= 0.6 is 0 Å². The topological polar surface area (TPSA) is 65.5 Å². The van der Waals surface area contributed by atoms with Gasteiger partial charge in [-0.15, -0.1) is 0 Å². The largest absolute Gasteiger partial charge is 0.505 e. The Morgan fingerprint density at radius 1 is 1.53 bits per heavy atom. The molecule has 1 amide bonds. The zero-order valence-electron chi connectivity index (χ0n) is 9.89. The second-order valence-corrected chi connectivity index (χ2v) is 4.42. The Labute approximate surface area is 100 Å². The molecule has 92 valence electrons. The number of pyridine rings is 1. The lowest BCUT2D eigenvalue weighted by Gasteiger charge is -2.29. The van der Waals surface area contributed by atoms with Crippen molar-refractivity contribution < 1.29 is 9.90 Å². The molecule has 2 heterocycles. The van der Waals surface area contributed by atoms with E-state index in [9.17, 15) is 9.90 Å². The summed E-state index contributed by atoms with van der Waals surface area (Å²) in [6, 6.07) is 3.25. The molecular formula is C12H17N3O2. The average Bonchev–Trinajstić information content (AvgIpc) is 2.32. The van der Waals surface area contributed by atoms with Crippen LogP contribution in [0.1, 0.15) is 23.3 Å². The Bertz CT molecular complexity index is 400. The van der Waals surface area contributed by atoms with Crippen LogP contribution in [0.15, 0.2) is 18.3 Å². The van der Waals surface area contributed by atoms with Gasteiger partial charge in [0.15, 0.2) is 5.69 Å². The molecule has 1 aromatic heterocycles. The van der Waals surface area contributed by atoms with E-state index in [0.29, 0.717) is 0 Å². The number of aromatic hydroxyl groups is 1. The van der Waals surface area contributed by atoms with Gasteiger partial charge in [-0.1, -0.05) is 0 Å². The molecule has 0 radical (unpaired) electrons. The molecule has 1 aliphatic rings. The van der Waals surface area contributed by atoms with Crippen LogP contribution in [0.5, 0.6) is 5.75 Å². The normalized spacial score (nSPS) is 17.9. The van der Waals surface area contributed by atoms with Crippen molar-refractivity contribution in [2.24, 2.45) is 0 Å². The Kier molecular flexibility index (Phi) is 3.58. The number of piperidine rings is 1. The quantitative estimate of drug-likeness (QED) is 0.788. The molecule has 1 aromatic rings. The Hall–Kier alpha value is -1.62. The molecule has 1 saturated heterocycles. The van der Waals surface area contributed by atoms with E-state index in [0.717, 1.165) is 25.9 Å². The minimum Gasteiger partial charge on any atom is -0.505 e. The highest BCUT2D eigenvalue weighted by atomic mass is 16.3. The number of nitrogens with zero attached hydrogens (tertiary/aromatic N) is 2. The predicted molar refractivity (Wildman–Crippen MR) is 63.9 cm³/mol. The lowest BCUT2D eigenvalue weighted by Crippen LogP contribution is -2.43. The van der Waals surface area contributed by atoms with Crippen LogP contribution in [0, 0.1) is 0 Å². The van der Waals surface area contributed by atoms with Gasteiger partial charge in [-0.25, -0.2) is 4.98 Å². The van der Waals surface area contributed by atoms with Crippen LogP contribution in [0.25, 0.3) is 0 Å². The number of rotatable bonds is 2. The van der Waals surface area contributed by atoms with Crippen LogP contribution in [-0.4, -0.2) is 47.1 Å². The SMILES string of the molecule is CN1CCC(NC(=O)c2ncccc2O)CC1. The molecule has 1 fully saturated rings. The Morgan fingerprint density at radius 3 is 2.88 bits per heavy atom. The first-order chi connectivity index (χ1) is 8.16. The van der Waals surface area contributed by atoms with E-state index in [1.165, 1.54) is 12.3 Å². The van der Waals surface area contributed by atoms with Crippen LogP contribution in [-0.2, 0) is 0 Å². The molecule has 0 unspecified atom stereocenters. The van der Waals surface area contributed by atoms with Crippen molar-refractivity contribution in [2.75, 3.05) is 20.1 Å². The molecular weight excluding hydrogens is 218 g/mol. The first kappa shape index (κ1) is 11.9. The molecule has 0 aromatic carbocycles. The lowest BCUT2D eigenvalue weighted by atomic mass is 10.1. The molecule has 2 N–H and O–H groups in total. The molecule has 0 atom stereocenters. The number of hydrogen-bond acceptors (Lipinski definition) is 4. The fourth-order valence-corrected chi connectivity index (χ4v) is 1.98. The summed E-state index contributed by atoms with van der Waals surface area (Å²) in [5, 5.41) is 12.4. The monoisotopic (exact) mass is 235 g/mol. The summed E-state index contributed by atoms with van der Waals surface area (Å²) in [5.74, 6) is -0.365. The summed E-state index contributed by atoms with van der Waals surface area (Å²) in [5.41, 5.74) is 0.103. The molecule has 0 saturated carbocycles. The van der Waals surface area contributed by atoms with Gasteiger partial charge in [0.1, 0.15) is 5.75 Å². The van der Waals surface area contributed by atoms with E-state index in [-0.39, 0.29) is 23.4 Å². The molecule has 0 aliphatic carbocycles. The third-order valence-electron chi connectivity index (χ3n) is 3.06. The van der Waals surface area contributed by atoms with Crippen molar-refractivity contribution in [3.05, 3.63) is 24.0 Å². The lowest BCUT2D eigenvalue weighted by molar-refractivity contribution is 0.0909. The van der Waals surface area contributed by atoms with E-state index < -0.39 is 0 Å². The number of aromatic nitrogens is 1. The van der Waals surface area contributed by atoms with Gasteiger partial charge in [-0.2, -0.15) is 0 Å². The van der Waals surface area contributed by atoms with E-state index in [2.05, 4.69) is 22.2 Å². The highest BCUT2D eigenvalue weighted by molar-refractivity contribution is 5.94. The smallest absolute Gasteiger partial charge is 0.273 e. The number of nitrogens with one attached hydrogen (secondary N) is 1. The highest BCUT2D eigenvalue weighted by Crippen LogP contribution is 2.14. The summed E-state index contributed by atoms with van der Waals surface area (Å²) < 4.78 is 0. The second kappa shape index (κ2) is 5.14. The molecule has 5 heteroatoms. The van der Waals surface area contributed by atoms with E-state index in [1.807, 2.05) is 0 Å². The van der Waals surface area contributed by atoms with Gasteiger partial charge in [-0.3, -0.25) is 4.79 Å². The average molecular weight is 235 g/mol. The number of hydrogen-bond donors (Lipinski definition) is 2. The predicted octanol–water partition coefficient (Wildman–Crippen LogP) is 0.611. The molecule has 0 bridgehead atoms. The van der Waals surface area contributed by atoms with Crippen LogP contribution in [0.4, 0.5) is 0 Å². The van der Waals surface area contributed by atoms with E-state index in [4.69, 9.17) is 0 Å². The van der Waals surface area contributed by atoms with Gasteiger partial charge in [0.25, 0.3) is 5.91 Å². The highest BCUT2D eigenvalue weighted by Gasteiger charge is 2.20. The summed E-state index contributed by atoms with van der Waals surface area (Å²) in [6.07, 6.45) is 3.38. The maximum atomic E-state index is 11.9. The van der Waals surface area contributed by atoms with Gasteiger partial charge in [0, 0.05) is 12.2 Å². The van der Waals surface area contributed by atoms with Crippen molar-refractivity contribution in [3.8, 4) is 5.75 Å². The zero-order valence-corrected chi connectivity index (χ0v) is 9.89. The summed E-state index contributed by atoms with van der Waals surface area (Å²) >= 11 is 0. The van der Waals surface area contributed by atoms with E-state index in [1.54, 1.807) is 6.07 Å². The van der Waals surface area contributed by atoms with Crippen molar-refractivity contribution in [1.82, 2.24) is 15.2 Å². The van der Waals surface area contributed by atoms with Gasteiger partial charge in [-0.05, 0) is 45.1 Å². The van der Waals surface area contributed by atoms with Crippen molar-refractivity contribution in [1.29, 1.82) is 0 Å².